The van der Waals surface area contributed by atoms with Crippen molar-refractivity contribution in [2.24, 2.45) is 0 Å². The van der Waals surface area contributed by atoms with Gasteiger partial charge in [-0.15, -0.1) is 10.2 Å². The first-order valence-electron chi connectivity index (χ1n) is 7.37. The van der Waals surface area contributed by atoms with Crippen LogP contribution in [0.3, 0.4) is 0 Å². The van der Waals surface area contributed by atoms with Gasteiger partial charge >= 0.3 is 0 Å². The van der Waals surface area contributed by atoms with E-state index in [1.807, 2.05) is 31.2 Å². The van der Waals surface area contributed by atoms with Crippen molar-refractivity contribution in [3.05, 3.63) is 41.7 Å². The number of rotatable bonds is 6. The summed E-state index contributed by atoms with van der Waals surface area (Å²) in [5.41, 5.74) is 1.98. The minimum absolute atomic E-state index is 0.144. The molecule has 0 aliphatic rings. The molecule has 0 saturated heterocycles. The summed E-state index contributed by atoms with van der Waals surface area (Å²) in [5.74, 6) is 1.93. The van der Waals surface area contributed by atoms with E-state index < -0.39 is 0 Å². The fraction of sp³-hybridized carbons (Fsp3) is 0.250. The first-order valence-corrected chi connectivity index (χ1v) is 8.36. The Morgan fingerprint density at radius 3 is 2.83 bits per heavy atom. The quantitative estimate of drug-likeness (QED) is 0.684. The Hall–Kier alpha value is -2.61. The molecule has 124 valence electrons. The molecule has 2 aromatic heterocycles. The van der Waals surface area contributed by atoms with E-state index in [0.717, 1.165) is 11.1 Å². The summed E-state index contributed by atoms with van der Waals surface area (Å²) in [4.78, 5) is 11.8. The van der Waals surface area contributed by atoms with Crippen molar-refractivity contribution in [1.82, 2.24) is 15.4 Å². The molecular weight excluding hydrogens is 328 g/mol. The van der Waals surface area contributed by atoms with E-state index >= 15 is 0 Å². The van der Waals surface area contributed by atoms with E-state index in [2.05, 4.69) is 20.7 Å². The van der Waals surface area contributed by atoms with Gasteiger partial charge in [0.05, 0.1) is 0 Å². The predicted molar refractivity (Wildman–Crippen MR) is 89.7 cm³/mol. The molecule has 0 spiro atoms. The van der Waals surface area contributed by atoms with Crippen LogP contribution in [-0.4, -0.2) is 27.0 Å². The van der Waals surface area contributed by atoms with Gasteiger partial charge in [0.25, 0.3) is 5.22 Å². The minimum Gasteiger partial charge on any atom is -0.411 e. The molecule has 1 amide bonds. The number of aromatic nitrogens is 3. The third kappa shape index (κ3) is 4.02. The Balaban J connectivity index is 1.51. The molecule has 0 radical (unpaired) electrons. The number of nitrogens with one attached hydrogen (secondary N) is 1. The maximum absolute atomic E-state index is 11.8. The van der Waals surface area contributed by atoms with Crippen LogP contribution in [0.25, 0.3) is 11.5 Å². The van der Waals surface area contributed by atoms with Crippen LogP contribution in [0, 0.1) is 13.8 Å². The first-order chi connectivity index (χ1) is 11.6. The number of amides is 1. The molecule has 0 aliphatic carbocycles. The molecule has 0 saturated carbocycles. The fourth-order valence-electron chi connectivity index (χ4n) is 2.05. The maximum Gasteiger partial charge on any atom is 0.276 e. The van der Waals surface area contributed by atoms with E-state index in [9.17, 15) is 4.79 Å². The lowest BCUT2D eigenvalue weighted by Gasteiger charge is -2.00. The monoisotopic (exact) mass is 344 g/mol. The molecule has 0 unspecified atom stereocenters. The van der Waals surface area contributed by atoms with Crippen molar-refractivity contribution in [2.45, 2.75) is 25.5 Å². The lowest BCUT2D eigenvalue weighted by molar-refractivity contribution is -0.115. The third-order valence-corrected chi connectivity index (χ3v) is 4.05. The SMILES string of the molecule is Cc1cc(NC(=O)CCSc2nnc(-c3ccccc3C)o2)no1. The summed E-state index contributed by atoms with van der Waals surface area (Å²) in [7, 11) is 0. The van der Waals surface area contributed by atoms with Gasteiger partial charge in [-0.3, -0.25) is 4.79 Å². The molecule has 3 rings (SSSR count). The average molecular weight is 344 g/mol. The van der Waals surface area contributed by atoms with Gasteiger partial charge in [0, 0.05) is 23.8 Å². The molecule has 1 N–H and O–H groups in total. The van der Waals surface area contributed by atoms with Crippen molar-refractivity contribution in [2.75, 3.05) is 11.1 Å². The van der Waals surface area contributed by atoms with Gasteiger partial charge in [0.2, 0.25) is 11.8 Å². The largest absolute Gasteiger partial charge is 0.411 e. The van der Waals surface area contributed by atoms with E-state index in [1.54, 1.807) is 13.0 Å². The summed E-state index contributed by atoms with van der Waals surface area (Å²) in [6, 6.07) is 9.47. The topological polar surface area (TPSA) is 94.1 Å². The second-order valence-electron chi connectivity index (χ2n) is 5.16. The second-order valence-corrected chi connectivity index (χ2v) is 6.20. The Kier molecular flexibility index (Phi) is 4.95. The van der Waals surface area contributed by atoms with E-state index in [-0.39, 0.29) is 5.91 Å². The number of carbonyl (C=O) groups excluding carboxylic acids is 1. The number of nitrogens with zero attached hydrogens (tertiary/aromatic N) is 3. The molecule has 24 heavy (non-hydrogen) atoms. The first kappa shape index (κ1) is 16.3. The molecular formula is C16H16N4O3S. The van der Waals surface area contributed by atoms with Gasteiger partial charge in [-0.05, 0) is 25.5 Å². The highest BCUT2D eigenvalue weighted by Gasteiger charge is 2.12. The highest BCUT2D eigenvalue weighted by Crippen LogP contribution is 2.25. The zero-order valence-corrected chi connectivity index (χ0v) is 14.1. The van der Waals surface area contributed by atoms with Crippen molar-refractivity contribution in [1.29, 1.82) is 0 Å². The number of thioether (sulfide) groups is 1. The van der Waals surface area contributed by atoms with E-state index in [0.29, 0.717) is 34.9 Å². The van der Waals surface area contributed by atoms with E-state index in [4.69, 9.17) is 8.94 Å². The highest BCUT2D eigenvalue weighted by atomic mass is 32.2. The molecule has 0 aliphatic heterocycles. The van der Waals surface area contributed by atoms with Crippen molar-refractivity contribution in [3.8, 4) is 11.5 Å². The van der Waals surface area contributed by atoms with E-state index in [1.165, 1.54) is 11.8 Å². The fourth-order valence-corrected chi connectivity index (χ4v) is 2.75. The number of hydrogen-bond acceptors (Lipinski definition) is 7. The molecule has 0 bridgehead atoms. The number of anilines is 1. The number of hydrogen-bond donors (Lipinski definition) is 1. The third-order valence-electron chi connectivity index (χ3n) is 3.23. The molecule has 8 heteroatoms. The zero-order valence-electron chi connectivity index (χ0n) is 13.3. The minimum atomic E-state index is -0.144. The average Bonchev–Trinajstić information content (AvgIpc) is 3.17. The van der Waals surface area contributed by atoms with Crippen LogP contribution in [0.5, 0.6) is 0 Å². The van der Waals surface area contributed by atoms with Gasteiger partial charge in [-0.1, -0.05) is 35.1 Å². The molecule has 0 fully saturated rings. The zero-order chi connectivity index (χ0) is 16.9. The lowest BCUT2D eigenvalue weighted by atomic mass is 10.1. The van der Waals surface area contributed by atoms with Crippen LogP contribution in [0.15, 0.2) is 44.5 Å². The Bertz CT molecular complexity index is 843. The molecule has 0 atom stereocenters. The smallest absolute Gasteiger partial charge is 0.276 e. The van der Waals surface area contributed by atoms with Gasteiger partial charge in [0.15, 0.2) is 5.82 Å². The number of benzene rings is 1. The molecule has 7 nitrogen and oxygen atoms in total. The highest BCUT2D eigenvalue weighted by molar-refractivity contribution is 7.99. The Labute approximate surface area is 142 Å². The van der Waals surface area contributed by atoms with Gasteiger partial charge in [-0.2, -0.15) is 0 Å². The van der Waals surface area contributed by atoms with Crippen LogP contribution in [-0.2, 0) is 4.79 Å². The number of aryl methyl sites for hydroxylation is 2. The maximum atomic E-state index is 11.8. The van der Waals surface area contributed by atoms with Crippen molar-refractivity contribution >= 4 is 23.5 Å². The lowest BCUT2D eigenvalue weighted by Crippen LogP contribution is -2.12. The van der Waals surface area contributed by atoms with Crippen LogP contribution < -0.4 is 5.32 Å². The summed E-state index contributed by atoms with van der Waals surface area (Å²) < 4.78 is 10.5. The van der Waals surface area contributed by atoms with Crippen LogP contribution >= 0.6 is 11.8 Å². The van der Waals surface area contributed by atoms with Crippen molar-refractivity contribution in [3.63, 3.8) is 0 Å². The molecule has 3 aromatic rings. The Morgan fingerprint density at radius 1 is 1.25 bits per heavy atom. The standard InChI is InChI=1S/C16H16N4O3S/c1-10-5-3-4-6-12(10)15-18-19-16(22-15)24-8-7-14(21)17-13-9-11(2)23-20-13/h3-6,9H,7-8H2,1-2H3,(H,17,20,21). The normalized spacial score (nSPS) is 10.8. The summed E-state index contributed by atoms with van der Waals surface area (Å²) in [6.45, 7) is 3.75. The summed E-state index contributed by atoms with van der Waals surface area (Å²) >= 11 is 1.34. The number of carbonyl (C=O) groups is 1. The Morgan fingerprint density at radius 2 is 2.08 bits per heavy atom. The molecule has 2 heterocycles. The predicted octanol–water partition coefficient (Wildman–Crippen LogP) is 3.46. The van der Waals surface area contributed by atoms with Crippen LogP contribution in [0.2, 0.25) is 0 Å². The summed E-state index contributed by atoms with van der Waals surface area (Å²) in [6.07, 6.45) is 0.304. The van der Waals surface area contributed by atoms with Crippen LogP contribution in [0.1, 0.15) is 17.7 Å². The molecule has 1 aromatic carbocycles. The van der Waals surface area contributed by atoms with Gasteiger partial charge in [0.1, 0.15) is 5.76 Å². The van der Waals surface area contributed by atoms with Gasteiger partial charge in [-0.25, -0.2) is 0 Å². The van der Waals surface area contributed by atoms with Crippen molar-refractivity contribution < 1.29 is 13.7 Å². The second kappa shape index (κ2) is 7.31. The van der Waals surface area contributed by atoms with Gasteiger partial charge < -0.3 is 14.3 Å². The summed E-state index contributed by atoms with van der Waals surface area (Å²) in [5, 5.41) is 14.9. The van der Waals surface area contributed by atoms with Crippen LogP contribution in [0.4, 0.5) is 5.82 Å².